The molecule has 5 nitrogen and oxygen atoms in total. The second kappa shape index (κ2) is 6.88. The molecule has 1 aromatic rings. The number of piperidine rings is 1. The zero-order chi connectivity index (χ0) is 14.5. The van der Waals surface area contributed by atoms with Crippen molar-refractivity contribution >= 4 is 5.82 Å². The molecular formula is C16H22N4O. The predicted octanol–water partition coefficient (Wildman–Crippen LogP) is 1.50. The van der Waals surface area contributed by atoms with Gasteiger partial charge in [0, 0.05) is 38.9 Å². The molecule has 0 aromatic carbocycles. The van der Waals surface area contributed by atoms with E-state index in [1.807, 2.05) is 12.1 Å². The van der Waals surface area contributed by atoms with Crippen LogP contribution in [0.4, 0.5) is 5.82 Å². The summed E-state index contributed by atoms with van der Waals surface area (Å²) in [5.41, 5.74) is 0.626. The van der Waals surface area contributed by atoms with Gasteiger partial charge in [-0.1, -0.05) is 0 Å². The molecule has 0 unspecified atom stereocenters. The second-order valence-electron chi connectivity index (χ2n) is 5.88. The summed E-state index contributed by atoms with van der Waals surface area (Å²) >= 11 is 0. The minimum atomic E-state index is 0.626. The molecule has 5 heteroatoms. The molecule has 0 N–H and O–H groups in total. The number of ether oxygens (including phenoxy) is 1. The van der Waals surface area contributed by atoms with E-state index in [0.29, 0.717) is 11.5 Å². The molecule has 3 rings (SSSR count). The van der Waals surface area contributed by atoms with E-state index in [0.717, 1.165) is 51.8 Å². The average Bonchev–Trinajstić information content (AvgIpc) is 2.56. The Balaban J connectivity index is 1.58. The first kappa shape index (κ1) is 14.3. The number of nitrogens with zero attached hydrogens (tertiary/aromatic N) is 4. The minimum Gasteiger partial charge on any atom is -0.379 e. The van der Waals surface area contributed by atoms with Gasteiger partial charge in [-0.15, -0.1) is 0 Å². The van der Waals surface area contributed by atoms with Crippen LogP contribution in [0.25, 0.3) is 0 Å². The molecule has 0 amide bonds. The Morgan fingerprint density at radius 1 is 1.29 bits per heavy atom. The summed E-state index contributed by atoms with van der Waals surface area (Å²) in [5.74, 6) is 1.70. The number of hydrogen-bond donors (Lipinski definition) is 0. The molecule has 0 spiro atoms. The highest BCUT2D eigenvalue weighted by Gasteiger charge is 2.23. The van der Waals surface area contributed by atoms with Crippen LogP contribution in [0.1, 0.15) is 18.4 Å². The molecule has 21 heavy (non-hydrogen) atoms. The lowest BCUT2D eigenvalue weighted by atomic mass is 9.97. The zero-order valence-electron chi connectivity index (χ0n) is 12.4. The van der Waals surface area contributed by atoms with Crippen molar-refractivity contribution in [2.75, 3.05) is 50.8 Å². The monoisotopic (exact) mass is 286 g/mol. The van der Waals surface area contributed by atoms with E-state index in [1.54, 1.807) is 6.20 Å². The molecular weight excluding hydrogens is 264 g/mol. The summed E-state index contributed by atoms with van der Waals surface area (Å²) < 4.78 is 5.41. The Kier molecular flexibility index (Phi) is 4.69. The summed E-state index contributed by atoms with van der Waals surface area (Å²) in [6.07, 6.45) is 4.18. The Labute approximate surface area is 126 Å². The molecule has 0 bridgehead atoms. The molecule has 2 aliphatic heterocycles. The number of aromatic nitrogens is 1. The molecule has 3 heterocycles. The van der Waals surface area contributed by atoms with E-state index < -0.39 is 0 Å². The van der Waals surface area contributed by atoms with Gasteiger partial charge in [0.05, 0.1) is 18.8 Å². The summed E-state index contributed by atoms with van der Waals surface area (Å²) in [4.78, 5) is 9.30. The number of pyridine rings is 1. The molecule has 1 aromatic heterocycles. The molecule has 1 atom stereocenters. The van der Waals surface area contributed by atoms with Crippen LogP contribution < -0.4 is 4.90 Å². The SMILES string of the molecule is N#Cc1ccc(N2CCC[C@H](CN3CCOCC3)C2)nc1. The largest absolute Gasteiger partial charge is 0.379 e. The van der Waals surface area contributed by atoms with Crippen molar-refractivity contribution in [2.24, 2.45) is 5.92 Å². The van der Waals surface area contributed by atoms with Gasteiger partial charge >= 0.3 is 0 Å². The maximum atomic E-state index is 8.84. The van der Waals surface area contributed by atoms with Crippen molar-refractivity contribution < 1.29 is 4.74 Å². The Bertz CT molecular complexity index is 490. The van der Waals surface area contributed by atoms with Crippen molar-refractivity contribution in [1.29, 1.82) is 5.26 Å². The first-order valence-electron chi connectivity index (χ1n) is 7.76. The van der Waals surface area contributed by atoms with E-state index in [2.05, 4.69) is 20.9 Å². The number of rotatable bonds is 3. The highest BCUT2D eigenvalue weighted by atomic mass is 16.5. The van der Waals surface area contributed by atoms with Gasteiger partial charge in [-0.2, -0.15) is 5.26 Å². The molecule has 0 aliphatic carbocycles. The molecule has 0 saturated carbocycles. The number of morpholine rings is 1. The Morgan fingerprint density at radius 2 is 2.14 bits per heavy atom. The number of nitriles is 1. The normalized spacial score (nSPS) is 23.8. The van der Waals surface area contributed by atoms with Crippen LogP contribution in [0.15, 0.2) is 18.3 Å². The molecule has 2 fully saturated rings. The van der Waals surface area contributed by atoms with Crippen molar-refractivity contribution in [3.05, 3.63) is 23.9 Å². The van der Waals surface area contributed by atoms with Gasteiger partial charge in [-0.25, -0.2) is 4.98 Å². The minimum absolute atomic E-state index is 0.626. The van der Waals surface area contributed by atoms with Crippen LogP contribution in [-0.2, 0) is 4.74 Å². The Hall–Kier alpha value is -1.64. The molecule has 112 valence electrons. The molecule has 0 radical (unpaired) electrons. The lowest BCUT2D eigenvalue weighted by Crippen LogP contribution is -2.44. The molecule has 2 saturated heterocycles. The third kappa shape index (κ3) is 3.72. The van der Waals surface area contributed by atoms with Crippen molar-refractivity contribution in [1.82, 2.24) is 9.88 Å². The van der Waals surface area contributed by atoms with Gasteiger partial charge in [-0.3, -0.25) is 4.90 Å². The van der Waals surface area contributed by atoms with E-state index in [9.17, 15) is 0 Å². The summed E-state index contributed by atoms with van der Waals surface area (Å²) in [5, 5.41) is 8.84. The van der Waals surface area contributed by atoms with E-state index >= 15 is 0 Å². The van der Waals surface area contributed by atoms with Crippen LogP contribution in [0.2, 0.25) is 0 Å². The lowest BCUT2D eigenvalue weighted by Gasteiger charge is -2.37. The third-order valence-corrected chi connectivity index (χ3v) is 4.34. The van der Waals surface area contributed by atoms with Gasteiger partial charge in [0.15, 0.2) is 0 Å². The number of anilines is 1. The highest BCUT2D eigenvalue weighted by molar-refractivity contribution is 5.42. The van der Waals surface area contributed by atoms with Gasteiger partial charge in [0.2, 0.25) is 0 Å². The van der Waals surface area contributed by atoms with Gasteiger partial charge in [0.25, 0.3) is 0 Å². The highest BCUT2D eigenvalue weighted by Crippen LogP contribution is 2.22. The Morgan fingerprint density at radius 3 is 2.86 bits per heavy atom. The van der Waals surface area contributed by atoms with Crippen molar-refractivity contribution in [3.8, 4) is 6.07 Å². The fraction of sp³-hybridized carbons (Fsp3) is 0.625. The maximum absolute atomic E-state index is 8.84. The van der Waals surface area contributed by atoms with Crippen LogP contribution in [-0.4, -0.2) is 55.8 Å². The average molecular weight is 286 g/mol. The molecule has 2 aliphatic rings. The first-order valence-corrected chi connectivity index (χ1v) is 7.76. The lowest BCUT2D eigenvalue weighted by molar-refractivity contribution is 0.0296. The zero-order valence-corrected chi connectivity index (χ0v) is 12.4. The topological polar surface area (TPSA) is 52.4 Å². The summed E-state index contributed by atoms with van der Waals surface area (Å²) in [7, 11) is 0. The van der Waals surface area contributed by atoms with Crippen LogP contribution in [0.3, 0.4) is 0 Å². The van der Waals surface area contributed by atoms with Gasteiger partial charge < -0.3 is 9.64 Å². The van der Waals surface area contributed by atoms with Crippen LogP contribution in [0, 0.1) is 17.2 Å². The van der Waals surface area contributed by atoms with Crippen LogP contribution in [0.5, 0.6) is 0 Å². The summed E-state index contributed by atoms with van der Waals surface area (Å²) in [6.45, 7) is 7.16. The second-order valence-corrected chi connectivity index (χ2v) is 5.88. The van der Waals surface area contributed by atoms with Gasteiger partial charge in [0.1, 0.15) is 11.9 Å². The third-order valence-electron chi connectivity index (χ3n) is 4.34. The van der Waals surface area contributed by atoms with Crippen molar-refractivity contribution in [3.63, 3.8) is 0 Å². The van der Waals surface area contributed by atoms with E-state index in [1.165, 1.54) is 12.8 Å². The first-order chi connectivity index (χ1) is 10.3. The van der Waals surface area contributed by atoms with E-state index in [4.69, 9.17) is 10.00 Å². The standard InChI is InChI=1S/C16H22N4O/c17-10-14-3-4-16(18-11-14)20-5-1-2-15(13-20)12-19-6-8-21-9-7-19/h3-4,11,15H,1-2,5-9,12-13H2/t15-/m1/s1. The van der Waals surface area contributed by atoms with Gasteiger partial charge in [-0.05, 0) is 30.9 Å². The quantitative estimate of drug-likeness (QED) is 0.843. The fourth-order valence-electron chi connectivity index (χ4n) is 3.21. The maximum Gasteiger partial charge on any atom is 0.128 e. The van der Waals surface area contributed by atoms with E-state index in [-0.39, 0.29) is 0 Å². The van der Waals surface area contributed by atoms with Crippen LogP contribution >= 0.6 is 0 Å². The fourth-order valence-corrected chi connectivity index (χ4v) is 3.21. The smallest absolute Gasteiger partial charge is 0.128 e. The number of hydrogen-bond acceptors (Lipinski definition) is 5. The predicted molar refractivity (Wildman–Crippen MR) is 81.1 cm³/mol. The van der Waals surface area contributed by atoms with Crippen molar-refractivity contribution in [2.45, 2.75) is 12.8 Å². The summed E-state index contributed by atoms with van der Waals surface area (Å²) in [6, 6.07) is 5.94.